The summed E-state index contributed by atoms with van der Waals surface area (Å²) in [7, 11) is 0. The van der Waals surface area contributed by atoms with E-state index in [9.17, 15) is 13.2 Å². The molecule has 4 heteroatoms. The fraction of sp³-hybridized carbons (Fsp3) is 0.233. The fourth-order valence-electron chi connectivity index (χ4n) is 4.38. The summed E-state index contributed by atoms with van der Waals surface area (Å²) < 4.78 is 39.2. The van der Waals surface area contributed by atoms with Crippen molar-refractivity contribution in [1.29, 1.82) is 0 Å². The first-order valence-corrected chi connectivity index (χ1v) is 11.4. The maximum absolute atomic E-state index is 13.1. The van der Waals surface area contributed by atoms with Crippen LogP contribution in [0.5, 0.6) is 0 Å². The summed E-state index contributed by atoms with van der Waals surface area (Å²) in [4.78, 5) is 2.30. The topological polar surface area (TPSA) is 3.24 Å². The van der Waals surface area contributed by atoms with E-state index in [1.54, 1.807) is 12.1 Å². The van der Waals surface area contributed by atoms with Gasteiger partial charge in [0, 0.05) is 12.6 Å². The van der Waals surface area contributed by atoms with Gasteiger partial charge in [0.1, 0.15) is 0 Å². The number of hydrogen-bond donors (Lipinski definition) is 0. The lowest BCUT2D eigenvalue weighted by Crippen LogP contribution is -2.36. The molecule has 1 nitrogen and oxygen atoms in total. The van der Waals surface area contributed by atoms with Gasteiger partial charge in [0.15, 0.2) is 0 Å². The van der Waals surface area contributed by atoms with Gasteiger partial charge in [0.25, 0.3) is 0 Å². The smallest absolute Gasteiger partial charge is 0.279 e. The van der Waals surface area contributed by atoms with E-state index >= 15 is 0 Å². The highest BCUT2D eigenvalue weighted by Gasteiger charge is 2.33. The number of hydrogen-bond acceptors (Lipinski definition) is 1. The van der Waals surface area contributed by atoms with Crippen LogP contribution in [-0.2, 0) is 6.18 Å². The van der Waals surface area contributed by atoms with E-state index in [4.69, 9.17) is 0 Å². The summed E-state index contributed by atoms with van der Waals surface area (Å²) in [6.45, 7) is 6.58. The number of likely N-dealkylation sites (tertiary alicyclic amines) is 1. The van der Waals surface area contributed by atoms with Gasteiger partial charge in [-0.2, -0.15) is 13.2 Å². The summed E-state index contributed by atoms with van der Waals surface area (Å²) >= 11 is 0. The summed E-state index contributed by atoms with van der Waals surface area (Å²) in [5.41, 5.74) is 4.36. The van der Waals surface area contributed by atoms with Crippen molar-refractivity contribution in [3.05, 3.63) is 114 Å². The zero-order valence-corrected chi connectivity index (χ0v) is 19.1. The van der Waals surface area contributed by atoms with Gasteiger partial charge in [-0.05, 0) is 66.1 Å². The Morgan fingerprint density at radius 1 is 0.941 bits per heavy atom. The lowest BCUT2D eigenvalue weighted by Gasteiger charge is -2.39. The summed E-state index contributed by atoms with van der Waals surface area (Å²) in [6, 6.07) is 23.9. The van der Waals surface area contributed by atoms with Crippen molar-refractivity contribution in [1.82, 2.24) is 4.90 Å². The molecule has 1 aliphatic rings. The number of rotatable bonds is 4. The first kappa shape index (κ1) is 23.9. The number of alkyl halides is 3. The Balaban J connectivity index is 1.68. The van der Waals surface area contributed by atoms with Gasteiger partial charge < -0.3 is 0 Å². The Morgan fingerprint density at radius 3 is 2.21 bits per heavy atom. The van der Waals surface area contributed by atoms with Crippen LogP contribution in [0.4, 0.5) is 13.2 Å². The van der Waals surface area contributed by atoms with Crippen LogP contribution in [0.1, 0.15) is 48.5 Å². The van der Waals surface area contributed by atoms with E-state index in [1.807, 2.05) is 25.1 Å². The number of nitrogens with zero attached hydrogens (tertiary/aromatic N) is 1. The van der Waals surface area contributed by atoms with E-state index < -0.39 is 11.7 Å². The Bertz CT molecular complexity index is 1170. The first-order valence-electron chi connectivity index (χ1n) is 11.4. The maximum Gasteiger partial charge on any atom is 0.416 e. The molecule has 1 radical (unpaired) electrons. The van der Waals surface area contributed by atoms with Crippen LogP contribution < -0.4 is 0 Å². The van der Waals surface area contributed by atoms with Gasteiger partial charge in [-0.15, -0.1) is 0 Å². The molecule has 0 aliphatic carbocycles. The molecule has 0 bridgehead atoms. The lowest BCUT2D eigenvalue weighted by atomic mass is 9.90. The molecular weight excluding hydrogens is 431 g/mol. The van der Waals surface area contributed by atoms with Crippen molar-refractivity contribution in [2.24, 2.45) is 0 Å². The molecular formula is C30H27F3N. The number of benzene rings is 3. The van der Waals surface area contributed by atoms with Crippen LogP contribution in [-0.4, -0.2) is 11.4 Å². The molecule has 34 heavy (non-hydrogen) atoms. The van der Waals surface area contributed by atoms with Gasteiger partial charge in [0.05, 0.1) is 11.6 Å². The Hall–Kier alpha value is -3.29. The first-order chi connectivity index (χ1) is 16.3. The minimum absolute atomic E-state index is 0.0470. The SMILES string of the molecule is C=C(C)C#C[C@H](c1ccc(-c2ccccc2)cc1)N1CC[CH]C[C@H]1c1ccc(C(F)(F)F)cc1. The fourth-order valence-corrected chi connectivity index (χ4v) is 4.38. The largest absolute Gasteiger partial charge is 0.416 e. The second-order valence-electron chi connectivity index (χ2n) is 8.63. The molecule has 0 aromatic heterocycles. The van der Waals surface area contributed by atoms with E-state index in [-0.39, 0.29) is 12.1 Å². The van der Waals surface area contributed by atoms with E-state index in [2.05, 4.69) is 66.1 Å². The highest BCUT2D eigenvalue weighted by molar-refractivity contribution is 5.63. The van der Waals surface area contributed by atoms with Crippen molar-refractivity contribution < 1.29 is 13.2 Å². The third-order valence-electron chi connectivity index (χ3n) is 6.09. The highest BCUT2D eigenvalue weighted by atomic mass is 19.4. The third-order valence-corrected chi connectivity index (χ3v) is 6.09. The summed E-state index contributed by atoms with van der Waals surface area (Å²) in [5.74, 6) is 6.53. The Kier molecular flexibility index (Phi) is 7.24. The quantitative estimate of drug-likeness (QED) is 0.358. The second kappa shape index (κ2) is 10.3. The van der Waals surface area contributed by atoms with E-state index in [1.165, 1.54) is 12.1 Å². The molecule has 1 aliphatic heterocycles. The predicted octanol–water partition coefficient (Wildman–Crippen LogP) is 8.03. The average Bonchev–Trinajstić information content (AvgIpc) is 2.85. The molecule has 1 saturated heterocycles. The summed E-state index contributed by atoms with van der Waals surface area (Å²) in [6.07, 6.45) is -0.462. The van der Waals surface area contributed by atoms with Crippen molar-refractivity contribution in [2.75, 3.05) is 6.54 Å². The lowest BCUT2D eigenvalue weighted by molar-refractivity contribution is -0.137. The van der Waals surface area contributed by atoms with Crippen molar-refractivity contribution in [3.8, 4) is 23.0 Å². The van der Waals surface area contributed by atoms with Crippen LogP contribution in [0.15, 0.2) is 91.0 Å². The minimum Gasteiger partial charge on any atom is -0.279 e. The van der Waals surface area contributed by atoms with Crippen molar-refractivity contribution in [2.45, 2.75) is 38.0 Å². The summed E-state index contributed by atoms with van der Waals surface area (Å²) in [5, 5.41) is 0. The zero-order valence-electron chi connectivity index (χ0n) is 19.1. The zero-order chi connectivity index (χ0) is 24.1. The molecule has 1 heterocycles. The molecule has 2 atom stereocenters. The number of halogens is 3. The van der Waals surface area contributed by atoms with Gasteiger partial charge in [-0.25, -0.2) is 0 Å². The van der Waals surface area contributed by atoms with Crippen LogP contribution in [0.3, 0.4) is 0 Å². The highest BCUT2D eigenvalue weighted by Crippen LogP contribution is 2.39. The van der Waals surface area contributed by atoms with E-state index in [0.29, 0.717) is 0 Å². The second-order valence-corrected chi connectivity index (χ2v) is 8.63. The number of allylic oxidation sites excluding steroid dienone is 1. The average molecular weight is 459 g/mol. The van der Waals surface area contributed by atoms with Crippen LogP contribution in [0.25, 0.3) is 11.1 Å². The van der Waals surface area contributed by atoms with E-state index in [0.717, 1.165) is 47.2 Å². The van der Waals surface area contributed by atoms with Crippen molar-refractivity contribution in [3.63, 3.8) is 0 Å². The molecule has 1 fully saturated rings. The van der Waals surface area contributed by atoms with Crippen LogP contribution >= 0.6 is 0 Å². The molecule has 173 valence electrons. The molecule has 0 unspecified atom stereocenters. The standard InChI is InChI=1S/C30H27F3N/c1-22(2)11-20-29(25-14-12-24(13-15-25)23-8-4-3-5-9-23)34-21-7-6-10-28(34)26-16-18-27(19-17-26)30(31,32)33/h3-6,8-9,12-19,28-29H,1,7,10,21H2,2H3/t28-,29+/m0/s1. The predicted molar refractivity (Wildman–Crippen MR) is 132 cm³/mol. The molecule has 3 aromatic rings. The molecule has 4 rings (SSSR count). The van der Waals surface area contributed by atoms with Crippen LogP contribution in [0, 0.1) is 18.3 Å². The Labute approximate surface area is 199 Å². The van der Waals surface area contributed by atoms with Crippen molar-refractivity contribution >= 4 is 0 Å². The molecule has 3 aromatic carbocycles. The monoisotopic (exact) mass is 458 g/mol. The number of piperidine rings is 1. The Morgan fingerprint density at radius 2 is 1.59 bits per heavy atom. The third kappa shape index (κ3) is 5.61. The van der Waals surface area contributed by atoms with Gasteiger partial charge in [-0.3, -0.25) is 4.90 Å². The van der Waals surface area contributed by atoms with Crippen LogP contribution in [0.2, 0.25) is 0 Å². The molecule has 0 amide bonds. The minimum atomic E-state index is -4.34. The normalized spacial score (nSPS) is 17.5. The molecule has 0 saturated carbocycles. The van der Waals surface area contributed by atoms with Gasteiger partial charge in [0.2, 0.25) is 0 Å². The van der Waals surface area contributed by atoms with Gasteiger partial charge >= 0.3 is 6.18 Å². The molecule has 0 N–H and O–H groups in total. The molecule has 0 spiro atoms. The van der Waals surface area contributed by atoms with Gasteiger partial charge in [-0.1, -0.05) is 85.1 Å². The maximum atomic E-state index is 13.1.